The van der Waals surface area contributed by atoms with Gasteiger partial charge in [-0.25, -0.2) is 19.3 Å². The Labute approximate surface area is 165 Å². The van der Waals surface area contributed by atoms with Crippen LogP contribution in [0.4, 0.5) is 0 Å². The third kappa shape index (κ3) is 3.79. The Kier molecular flexibility index (Phi) is 4.38. The number of aromatic nitrogens is 8. The van der Waals surface area contributed by atoms with Gasteiger partial charge < -0.3 is 4.42 Å². The minimum atomic E-state index is 0.485. The quantitative estimate of drug-likeness (QED) is 0.444. The molecule has 9 nitrogen and oxygen atoms in total. The Bertz CT molecular complexity index is 1080. The Morgan fingerprint density at radius 3 is 1.45 bits per heavy atom. The van der Waals surface area contributed by atoms with Crippen molar-refractivity contribution in [3.8, 4) is 22.9 Å². The summed E-state index contributed by atoms with van der Waals surface area (Å²) in [7, 11) is 0. The van der Waals surface area contributed by atoms with Crippen molar-refractivity contribution in [2.24, 2.45) is 0 Å². The Morgan fingerprint density at radius 2 is 1.07 bits per heavy atom. The van der Waals surface area contributed by atoms with Crippen molar-refractivity contribution < 1.29 is 4.42 Å². The molecule has 3 aromatic heterocycles. The molecule has 29 heavy (non-hydrogen) atoms. The maximum atomic E-state index is 5.87. The molecule has 0 amide bonds. The lowest BCUT2D eigenvalue weighted by atomic mass is 10.1. The molecule has 0 fully saturated rings. The predicted molar refractivity (Wildman–Crippen MR) is 103 cm³/mol. The highest BCUT2D eigenvalue weighted by Gasteiger charge is 2.11. The molecule has 0 aliphatic heterocycles. The lowest BCUT2D eigenvalue weighted by Crippen LogP contribution is -1.99. The van der Waals surface area contributed by atoms with Crippen molar-refractivity contribution in [1.29, 1.82) is 0 Å². The van der Waals surface area contributed by atoms with Crippen molar-refractivity contribution in [3.05, 3.63) is 85.0 Å². The van der Waals surface area contributed by atoms with Gasteiger partial charge in [-0.05, 0) is 35.4 Å². The smallest absolute Gasteiger partial charge is 0.248 e. The van der Waals surface area contributed by atoms with Crippen molar-refractivity contribution in [2.75, 3.05) is 0 Å². The summed E-state index contributed by atoms with van der Waals surface area (Å²) in [6.07, 6.45) is 6.43. The molecular formula is C20H16N8O. The van der Waals surface area contributed by atoms with E-state index >= 15 is 0 Å². The highest BCUT2D eigenvalue weighted by Crippen LogP contribution is 2.24. The lowest BCUT2D eigenvalue weighted by molar-refractivity contribution is 0.584. The van der Waals surface area contributed by atoms with E-state index in [0.717, 1.165) is 22.3 Å². The number of nitrogens with zero attached hydrogens (tertiary/aromatic N) is 8. The van der Waals surface area contributed by atoms with Crippen molar-refractivity contribution in [2.45, 2.75) is 13.1 Å². The number of rotatable bonds is 6. The SMILES string of the molecule is c1ncn(Cc2ccc(-c3nnc(-c4ccc(Cn5cncn5)cc4)o3)cc2)n1. The monoisotopic (exact) mass is 384 g/mol. The van der Waals surface area contributed by atoms with Gasteiger partial charge in [-0.1, -0.05) is 24.3 Å². The van der Waals surface area contributed by atoms with E-state index < -0.39 is 0 Å². The fourth-order valence-corrected chi connectivity index (χ4v) is 2.96. The molecule has 5 rings (SSSR count). The van der Waals surface area contributed by atoms with Gasteiger partial charge in [-0.15, -0.1) is 10.2 Å². The first-order valence-corrected chi connectivity index (χ1v) is 9.00. The number of hydrogen-bond acceptors (Lipinski definition) is 7. The molecule has 2 aromatic carbocycles. The summed E-state index contributed by atoms with van der Waals surface area (Å²) in [6, 6.07) is 15.9. The molecule has 5 aromatic rings. The number of hydrogen-bond donors (Lipinski definition) is 0. The van der Waals surface area contributed by atoms with E-state index in [-0.39, 0.29) is 0 Å². The van der Waals surface area contributed by atoms with Gasteiger partial charge >= 0.3 is 0 Å². The van der Waals surface area contributed by atoms with Gasteiger partial charge in [-0.3, -0.25) is 0 Å². The van der Waals surface area contributed by atoms with Crippen LogP contribution in [0.3, 0.4) is 0 Å². The first-order valence-electron chi connectivity index (χ1n) is 9.00. The van der Waals surface area contributed by atoms with Crippen LogP contribution in [0.25, 0.3) is 22.9 Å². The molecule has 0 saturated carbocycles. The zero-order valence-electron chi connectivity index (χ0n) is 15.3. The third-order valence-corrected chi connectivity index (χ3v) is 4.45. The molecule has 3 heterocycles. The van der Waals surface area contributed by atoms with E-state index in [2.05, 4.69) is 30.4 Å². The molecule has 0 aliphatic carbocycles. The minimum Gasteiger partial charge on any atom is -0.416 e. The molecule has 0 spiro atoms. The summed E-state index contributed by atoms with van der Waals surface area (Å²) in [5.74, 6) is 0.970. The molecule has 0 bridgehead atoms. The normalized spacial score (nSPS) is 11.0. The van der Waals surface area contributed by atoms with E-state index in [1.165, 1.54) is 12.7 Å². The summed E-state index contributed by atoms with van der Waals surface area (Å²) in [6.45, 7) is 1.33. The average Bonchev–Trinajstić information content (AvgIpc) is 3.52. The molecule has 0 atom stereocenters. The topological polar surface area (TPSA) is 100 Å². The van der Waals surface area contributed by atoms with Crippen LogP contribution in [0.15, 0.2) is 78.3 Å². The largest absolute Gasteiger partial charge is 0.416 e. The van der Waals surface area contributed by atoms with Gasteiger partial charge in [0.2, 0.25) is 11.8 Å². The fourth-order valence-electron chi connectivity index (χ4n) is 2.96. The number of benzene rings is 2. The van der Waals surface area contributed by atoms with Crippen LogP contribution < -0.4 is 0 Å². The zero-order chi connectivity index (χ0) is 19.5. The summed E-state index contributed by atoms with van der Waals surface area (Å²) in [5.41, 5.74) is 3.96. The third-order valence-electron chi connectivity index (χ3n) is 4.45. The van der Waals surface area contributed by atoms with E-state index in [9.17, 15) is 0 Å². The van der Waals surface area contributed by atoms with Gasteiger partial charge in [0.1, 0.15) is 25.3 Å². The maximum Gasteiger partial charge on any atom is 0.248 e. The van der Waals surface area contributed by atoms with E-state index in [1.54, 1.807) is 22.0 Å². The Morgan fingerprint density at radius 1 is 0.621 bits per heavy atom. The second-order valence-electron chi connectivity index (χ2n) is 6.49. The average molecular weight is 384 g/mol. The molecular weight excluding hydrogens is 368 g/mol. The summed E-state index contributed by atoms with van der Waals surface area (Å²) < 4.78 is 9.41. The maximum absolute atomic E-state index is 5.87. The molecule has 0 saturated heterocycles. The van der Waals surface area contributed by atoms with E-state index in [1.807, 2.05) is 48.5 Å². The summed E-state index contributed by atoms with van der Waals surface area (Å²) in [5, 5.41) is 16.6. The van der Waals surface area contributed by atoms with Crippen LogP contribution >= 0.6 is 0 Å². The highest BCUT2D eigenvalue weighted by atomic mass is 16.4. The van der Waals surface area contributed by atoms with Crippen molar-refractivity contribution >= 4 is 0 Å². The summed E-state index contributed by atoms with van der Waals surface area (Å²) in [4.78, 5) is 7.90. The molecule has 0 radical (unpaired) electrons. The molecule has 0 N–H and O–H groups in total. The Balaban J connectivity index is 1.30. The van der Waals surface area contributed by atoms with Crippen LogP contribution in [-0.2, 0) is 13.1 Å². The minimum absolute atomic E-state index is 0.485. The summed E-state index contributed by atoms with van der Waals surface area (Å²) >= 11 is 0. The van der Waals surface area contributed by atoms with E-state index in [4.69, 9.17) is 4.42 Å². The van der Waals surface area contributed by atoms with Crippen LogP contribution in [0.1, 0.15) is 11.1 Å². The van der Waals surface area contributed by atoms with Crippen LogP contribution in [0, 0.1) is 0 Å². The van der Waals surface area contributed by atoms with E-state index in [0.29, 0.717) is 24.9 Å². The molecule has 142 valence electrons. The first-order chi connectivity index (χ1) is 14.3. The van der Waals surface area contributed by atoms with Gasteiger partial charge in [0.05, 0.1) is 13.1 Å². The van der Waals surface area contributed by atoms with Crippen LogP contribution in [0.2, 0.25) is 0 Å². The molecule has 0 unspecified atom stereocenters. The molecule has 0 aliphatic rings. The van der Waals surface area contributed by atoms with Crippen LogP contribution in [0.5, 0.6) is 0 Å². The second-order valence-corrected chi connectivity index (χ2v) is 6.49. The van der Waals surface area contributed by atoms with Gasteiger partial charge in [0.15, 0.2) is 0 Å². The van der Waals surface area contributed by atoms with Crippen molar-refractivity contribution in [1.82, 2.24) is 39.7 Å². The van der Waals surface area contributed by atoms with Crippen LogP contribution in [-0.4, -0.2) is 39.7 Å². The second kappa shape index (κ2) is 7.47. The fraction of sp³-hybridized carbons (Fsp3) is 0.100. The van der Waals surface area contributed by atoms with Gasteiger partial charge in [0, 0.05) is 11.1 Å². The Hall–Kier alpha value is -4.14. The highest BCUT2D eigenvalue weighted by molar-refractivity contribution is 5.58. The van der Waals surface area contributed by atoms with Gasteiger partial charge in [0.25, 0.3) is 0 Å². The zero-order valence-corrected chi connectivity index (χ0v) is 15.3. The van der Waals surface area contributed by atoms with Gasteiger partial charge in [-0.2, -0.15) is 10.2 Å². The molecule has 9 heteroatoms. The lowest BCUT2D eigenvalue weighted by Gasteiger charge is -2.02. The predicted octanol–water partition coefficient (Wildman–Crippen LogP) is 2.68. The standard InChI is InChI=1S/C20H16N8O/c1-5-17(6-2-15(1)9-27-13-21-11-23-27)19-25-26-20(29-19)18-7-3-16(4-8-18)10-28-14-22-12-24-28/h1-8,11-14H,9-10H2. The first kappa shape index (κ1) is 17.0. The van der Waals surface area contributed by atoms with Crippen molar-refractivity contribution in [3.63, 3.8) is 0 Å².